The molecule has 0 aliphatic heterocycles. The summed E-state index contributed by atoms with van der Waals surface area (Å²) in [6, 6.07) is 34.0. The minimum Gasteiger partial charge on any atom is -1.00 e. The van der Waals surface area contributed by atoms with E-state index >= 15 is 0 Å². The van der Waals surface area contributed by atoms with E-state index in [9.17, 15) is 9.59 Å². The summed E-state index contributed by atoms with van der Waals surface area (Å²) in [4.78, 5) is 31.9. The number of hydrogen-bond acceptors (Lipinski definition) is 4. The summed E-state index contributed by atoms with van der Waals surface area (Å²) < 4.78 is 0. The van der Waals surface area contributed by atoms with Gasteiger partial charge in [-0.15, -0.1) is 0 Å². The third-order valence-electron chi connectivity index (χ3n) is 5.91. The first-order chi connectivity index (χ1) is 19.7. The van der Waals surface area contributed by atoms with Gasteiger partial charge in [-0.1, -0.05) is 72.8 Å². The fourth-order valence-electron chi connectivity index (χ4n) is 4.11. The minimum absolute atomic E-state index is 0. The Morgan fingerprint density at radius 1 is 0.477 bits per heavy atom. The van der Waals surface area contributed by atoms with Gasteiger partial charge >= 0.3 is 31.5 Å². The van der Waals surface area contributed by atoms with E-state index < -0.39 is 0 Å². The summed E-state index contributed by atoms with van der Waals surface area (Å²) in [7, 11) is 0. The van der Waals surface area contributed by atoms with Crippen LogP contribution >= 0.6 is 0 Å². The molecule has 9 nitrogen and oxygen atoms in total. The Kier molecular flexibility index (Phi) is 16.4. The molecule has 0 unspecified atom stereocenters. The first-order valence-corrected chi connectivity index (χ1v) is 12.6. The normalized spacial score (nSPS) is 9.27. The smallest absolute Gasteiger partial charge is 1.00 e. The predicted octanol–water partition coefficient (Wildman–Crippen LogP) is 0.938. The molecule has 220 valence electrons. The molecule has 6 N–H and O–H groups in total. The van der Waals surface area contributed by atoms with E-state index in [2.05, 4.69) is 31.2 Å². The fraction of sp³-hybridized carbons (Fsp3) is 0. The molecule has 0 bridgehead atoms. The Morgan fingerprint density at radius 3 is 1.25 bits per heavy atom. The van der Waals surface area contributed by atoms with Crippen LogP contribution in [0.25, 0.3) is 21.5 Å². The summed E-state index contributed by atoms with van der Waals surface area (Å²) in [6.07, 6.45) is 6.52. The first-order valence-electron chi connectivity index (χ1n) is 12.6. The first kappa shape index (κ1) is 37.8. The summed E-state index contributed by atoms with van der Waals surface area (Å²) in [5.74, 6) is 0. The van der Waals surface area contributed by atoms with Crippen molar-refractivity contribution in [3.05, 3.63) is 134 Å². The zero-order valence-electron chi connectivity index (χ0n) is 23.4. The third kappa shape index (κ3) is 10.5. The fourth-order valence-corrected chi connectivity index (χ4v) is 4.11. The molecule has 6 aromatic rings. The number of halogens is 2. The molecule has 2 heterocycles. The van der Waals surface area contributed by atoms with Gasteiger partial charge in [0.2, 0.25) is 0 Å². The second-order valence-corrected chi connectivity index (χ2v) is 8.70. The number of nitrogens with zero attached hydrogens (tertiary/aromatic N) is 2. The van der Waals surface area contributed by atoms with Crippen molar-refractivity contribution >= 4 is 56.4 Å². The molecule has 4 aromatic carbocycles. The van der Waals surface area contributed by atoms with Gasteiger partial charge in [-0.3, -0.25) is 9.97 Å². The standard InChI is InChI=1S/2C16H13N3O.2BrH.H2O.Zn/c2*20-16(18-13-7-4-10-17-11-13)19-15-9-3-6-12-5-1-2-8-14(12)15;;;;/h2*1-11H,(H2,18,19,20);2*1H;1H2;/q;;;;;+2/p-2. The van der Waals surface area contributed by atoms with Gasteiger partial charge in [0.15, 0.2) is 0 Å². The average molecular weight is 770 g/mol. The van der Waals surface area contributed by atoms with Crippen LogP contribution < -0.4 is 55.2 Å². The summed E-state index contributed by atoms with van der Waals surface area (Å²) in [6.45, 7) is 0. The molecule has 6 rings (SSSR count). The second-order valence-electron chi connectivity index (χ2n) is 8.70. The molecule has 12 heteroatoms. The number of fused-ring (bicyclic) bond motifs is 2. The van der Waals surface area contributed by atoms with Gasteiger partial charge in [0.25, 0.3) is 0 Å². The van der Waals surface area contributed by atoms with Crippen molar-refractivity contribution in [3.8, 4) is 0 Å². The number of carbonyl (C=O) groups is 2. The van der Waals surface area contributed by atoms with E-state index in [1.54, 1.807) is 49.1 Å². The number of rotatable bonds is 4. The topological polar surface area (TPSA) is 140 Å². The largest absolute Gasteiger partial charge is 2.00 e. The van der Waals surface area contributed by atoms with E-state index in [-0.39, 0.29) is 71.0 Å². The Bertz CT molecular complexity index is 1620. The molecule has 0 radical (unpaired) electrons. The molecular weight excluding hydrogens is 742 g/mol. The van der Waals surface area contributed by atoms with Crippen molar-refractivity contribution in [2.24, 2.45) is 0 Å². The van der Waals surface area contributed by atoms with E-state index in [1.165, 1.54) is 0 Å². The van der Waals surface area contributed by atoms with E-state index in [0.29, 0.717) is 11.4 Å². The number of anilines is 4. The Labute approximate surface area is 288 Å². The SMILES string of the molecule is O.O=C(Nc1cccnc1)Nc1cccc2ccccc12.O=C(Nc1cccnc1)Nc1cccc2ccccc12.[Br-].[Br-].[Zn+2]. The van der Waals surface area contributed by atoms with Gasteiger partial charge in [-0.2, -0.15) is 0 Å². The van der Waals surface area contributed by atoms with Gasteiger partial charge in [0.1, 0.15) is 0 Å². The van der Waals surface area contributed by atoms with Crippen LogP contribution in [-0.4, -0.2) is 27.5 Å². The number of pyridine rings is 2. The number of amides is 4. The van der Waals surface area contributed by atoms with Crippen LogP contribution in [-0.2, 0) is 19.5 Å². The summed E-state index contributed by atoms with van der Waals surface area (Å²) in [5.41, 5.74) is 2.88. The molecule has 0 atom stereocenters. The molecule has 0 fully saturated rings. The Morgan fingerprint density at radius 2 is 0.864 bits per heavy atom. The minimum atomic E-state index is -0.283. The predicted molar refractivity (Wildman–Crippen MR) is 165 cm³/mol. The van der Waals surface area contributed by atoms with Crippen molar-refractivity contribution in [1.29, 1.82) is 0 Å². The van der Waals surface area contributed by atoms with Crippen molar-refractivity contribution in [2.45, 2.75) is 0 Å². The number of urea groups is 2. The number of nitrogens with one attached hydrogen (secondary N) is 4. The van der Waals surface area contributed by atoms with Gasteiger partial charge in [0.05, 0.1) is 35.1 Å². The maximum Gasteiger partial charge on any atom is 2.00 e. The van der Waals surface area contributed by atoms with Gasteiger partial charge < -0.3 is 60.7 Å². The van der Waals surface area contributed by atoms with Crippen LogP contribution in [0.2, 0.25) is 0 Å². The van der Waals surface area contributed by atoms with Crippen LogP contribution in [0.4, 0.5) is 32.3 Å². The molecular formula is C32H28Br2N6O3Zn. The van der Waals surface area contributed by atoms with Gasteiger partial charge in [-0.05, 0) is 47.2 Å². The third-order valence-corrected chi connectivity index (χ3v) is 5.91. The number of carbonyl (C=O) groups excluding carboxylic acids is 2. The molecule has 4 amide bonds. The van der Waals surface area contributed by atoms with Gasteiger partial charge in [-0.25, -0.2) is 9.59 Å². The Balaban J connectivity index is 0.000000403. The van der Waals surface area contributed by atoms with E-state index in [0.717, 1.165) is 32.9 Å². The van der Waals surface area contributed by atoms with Crippen LogP contribution in [0.3, 0.4) is 0 Å². The Hall–Kier alpha value is -4.22. The van der Waals surface area contributed by atoms with Gasteiger partial charge in [0, 0.05) is 23.2 Å². The molecule has 2 aromatic heterocycles. The molecule has 0 aliphatic rings. The molecule has 0 aliphatic carbocycles. The van der Waals surface area contributed by atoms with E-state index in [1.807, 2.05) is 84.9 Å². The quantitative estimate of drug-likeness (QED) is 0.199. The monoisotopic (exact) mass is 766 g/mol. The molecule has 44 heavy (non-hydrogen) atoms. The summed E-state index contributed by atoms with van der Waals surface area (Å²) in [5, 5.41) is 15.4. The second kappa shape index (κ2) is 19.1. The van der Waals surface area contributed by atoms with Crippen LogP contribution in [0, 0.1) is 0 Å². The number of hydrogen-bond donors (Lipinski definition) is 4. The zero-order valence-corrected chi connectivity index (χ0v) is 29.5. The van der Waals surface area contributed by atoms with Crippen LogP contribution in [0.5, 0.6) is 0 Å². The van der Waals surface area contributed by atoms with E-state index in [4.69, 9.17) is 0 Å². The average Bonchev–Trinajstić information content (AvgIpc) is 2.99. The van der Waals surface area contributed by atoms with Crippen molar-refractivity contribution in [1.82, 2.24) is 9.97 Å². The van der Waals surface area contributed by atoms with Crippen molar-refractivity contribution < 1.29 is 68.5 Å². The zero-order chi connectivity index (χ0) is 27.6. The summed E-state index contributed by atoms with van der Waals surface area (Å²) >= 11 is 0. The molecule has 0 saturated carbocycles. The number of benzene rings is 4. The van der Waals surface area contributed by atoms with Crippen molar-refractivity contribution in [2.75, 3.05) is 21.3 Å². The van der Waals surface area contributed by atoms with Crippen molar-refractivity contribution in [3.63, 3.8) is 0 Å². The maximum absolute atomic E-state index is 12.0. The number of aromatic nitrogens is 2. The maximum atomic E-state index is 12.0. The molecule has 0 spiro atoms. The van der Waals surface area contributed by atoms with Crippen LogP contribution in [0.15, 0.2) is 134 Å². The van der Waals surface area contributed by atoms with Crippen LogP contribution in [0.1, 0.15) is 0 Å². The molecule has 0 saturated heterocycles.